The zero-order valence-electron chi connectivity index (χ0n) is 12.3. The Labute approximate surface area is 113 Å². The molecular weight excluding hydrogens is 222 g/mol. The topological polar surface area (TPSA) is 20.3 Å². The van der Waals surface area contributed by atoms with Crippen molar-refractivity contribution in [2.24, 2.45) is 0 Å². The van der Waals surface area contributed by atoms with Gasteiger partial charge in [-0.15, -0.1) is 0 Å². The molecule has 18 heavy (non-hydrogen) atoms. The van der Waals surface area contributed by atoms with Gasteiger partial charge in [-0.3, -0.25) is 4.79 Å². The minimum absolute atomic E-state index is 0.0376. The molecule has 0 saturated carbocycles. The third-order valence-electron chi connectivity index (χ3n) is 2.90. The maximum Gasteiger partial charge on any atom is 0.246 e. The highest BCUT2D eigenvalue weighted by atomic mass is 16.2. The van der Waals surface area contributed by atoms with Gasteiger partial charge in [0, 0.05) is 20.2 Å². The van der Waals surface area contributed by atoms with Crippen LogP contribution in [0, 0.1) is 0 Å². The average Bonchev–Trinajstić information content (AvgIpc) is 2.35. The number of likely N-dealkylation sites (N-methyl/N-ethyl adjacent to an activating group) is 1. The van der Waals surface area contributed by atoms with Gasteiger partial charge in [0.25, 0.3) is 0 Å². The molecule has 0 aromatic carbocycles. The van der Waals surface area contributed by atoms with E-state index in [4.69, 9.17) is 0 Å². The van der Waals surface area contributed by atoms with Crippen molar-refractivity contribution < 1.29 is 4.79 Å². The van der Waals surface area contributed by atoms with Crippen molar-refractivity contribution >= 4 is 5.91 Å². The highest BCUT2D eigenvalue weighted by molar-refractivity contribution is 5.87. The highest BCUT2D eigenvalue weighted by Crippen LogP contribution is 2.08. The standard InChI is InChI=1S/C16H29NO/c1-4-5-6-7-8-9-10-11-12-13-14-15-16(18)17(2)3/h12-15H,4-11H2,1-3H3. The van der Waals surface area contributed by atoms with Gasteiger partial charge in [-0.25, -0.2) is 0 Å². The lowest BCUT2D eigenvalue weighted by Gasteiger charge is -2.04. The molecule has 0 rings (SSSR count). The Morgan fingerprint density at radius 3 is 2.17 bits per heavy atom. The summed E-state index contributed by atoms with van der Waals surface area (Å²) < 4.78 is 0. The summed E-state index contributed by atoms with van der Waals surface area (Å²) in [6.45, 7) is 2.25. The zero-order chi connectivity index (χ0) is 13.6. The number of hydrogen-bond acceptors (Lipinski definition) is 1. The quantitative estimate of drug-likeness (QED) is 0.321. The molecule has 0 heterocycles. The first-order valence-corrected chi connectivity index (χ1v) is 7.23. The summed E-state index contributed by atoms with van der Waals surface area (Å²) in [5.74, 6) is 0.0376. The lowest BCUT2D eigenvalue weighted by molar-refractivity contribution is -0.123. The van der Waals surface area contributed by atoms with Gasteiger partial charge in [0.2, 0.25) is 5.91 Å². The molecule has 0 unspecified atom stereocenters. The third-order valence-corrected chi connectivity index (χ3v) is 2.90. The molecular formula is C16H29NO. The van der Waals surface area contributed by atoms with Crippen LogP contribution in [0.15, 0.2) is 24.3 Å². The molecule has 0 N–H and O–H groups in total. The number of nitrogens with zero attached hydrogens (tertiary/aromatic N) is 1. The van der Waals surface area contributed by atoms with Crippen molar-refractivity contribution in [2.45, 2.75) is 58.3 Å². The fourth-order valence-electron chi connectivity index (χ4n) is 1.68. The predicted octanol–water partition coefficient (Wildman–Crippen LogP) is 4.33. The van der Waals surface area contributed by atoms with Crippen LogP contribution in [-0.2, 0) is 4.79 Å². The molecule has 0 aliphatic rings. The maximum atomic E-state index is 11.2. The van der Waals surface area contributed by atoms with Crippen molar-refractivity contribution in [3.63, 3.8) is 0 Å². The Hall–Kier alpha value is -1.05. The first-order chi connectivity index (χ1) is 8.68. The highest BCUT2D eigenvalue weighted by Gasteiger charge is 1.94. The molecule has 104 valence electrons. The summed E-state index contributed by atoms with van der Waals surface area (Å²) in [6.07, 6.45) is 18.1. The van der Waals surface area contributed by atoms with Gasteiger partial charge < -0.3 is 4.90 Å². The van der Waals surface area contributed by atoms with Crippen molar-refractivity contribution in [3.8, 4) is 0 Å². The molecule has 2 nitrogen and oxygen atoms in total. The third kappa shape index (κ3) is 11.4. The van der Waals surface area contributed by atoms with Crippen molar-refractivity contribution in [1.82, 2.24) is 4.90 Å². The molecule has 0 aromatic heterocycles. The van der Waals surface area contributed by atoms with Gasteiger partial charge in [-0.05, 0) is 12.8 Å². The summed E-state index contributed by atoms with van der Waals surface area (Å²) in [4.78, 5) is 12.8. The lowest BCUT2D eigenvalue weighted by atomic mass is 10.1. The van der Waals surface area contributed by atoms with Crippen molar-refractivity contribution in [1.29, 1.82) is 0 Å². The molecule has 0 bridgehead atoms. The molecule has 0 atom stereocenters. The summed E-state index contributed by atoms with van der Waals surface area (Å²) >= 11 is 0. The predicted molar refractivity (Wildman–Crippen MR) is 79.6 cm³/mol. The summed E-state index contributed by atoms with van der Waals surface area (Å²) in [5.41, 5.74) is 0. The fourth-order valence-corrected chi connectivity index (χ4v) is 1.68. The number of carbonyl (C=O) groups is 1. The number of rotatable bonds is 10. The molecule has 0 aromatic rings. The fraction of sp³-hybridized carbons (Fsp3) is 0.688. The molecule has 2 heteroatoms. The molecule has 0 aliphatic carbocycles. The maximum absolute atomic E-state index is 11.2. The largest absolute Gasteiger partial charge is 0.345 e. The van der Waals surface area contributed by atoms with E-state index < -0.39 is 0 Å². The molecule has 0 spiro atoms. The van der Waals surface area contributed by atoms with Gasteiger partial charge >= 0.3 is 0 Å². The SMILES string of the molecule is CCCCCCCCCC=CC=CC(=O)N(C)C. The Morgan fingerprint density at radius 1 is 0.944 bits per heavy atom. The molecule has 0 saturated heterocycles. The summed E-state index contributed by atoms with van der Waals surface area (Å²) in [7, 11) is 3.52. The summed E-state index contributed by atoms with van der Waals surface area (Å²) in [5, 5.41) is 0. The van der Waals surface area contributed by atoms with Crippen LogP contribution < -0.4 is 0 Å². The number of allylic oxidation sites excluding steroid dienone is 3. The van der Waals surface area contributed by atoms with E-state index in [0.29, 0.717) is 0 Å². The number of carbonyl (C=O) groups excluding carboxylic acids is 1. The first-order valence-electron chi connectivity index (χ1n) is 7.23. The number of unbranched alkanes of at least 4 members (excludes halogenated alkanes) is 7. The average molecular weight is 251 g/mol. The molecule has 0 aliphatic heterocycles. The van der Waals surface area contributed by atoms with Crippen LogP contribution in [0.4, 0.5) is 0 Å². The molecule has 1 amide bonds. The first kappa shape index (κ1) is 16.9. The van der Waals surface area contributed by atoms with E-state index in [1.165, 1.54) is 44.9 Å². The van der Waals surface area contributed by atoms with Crippen molar-refractivity contribution in [2.75, 3.05) is 14.1 Å². The van der Waals surface area contributed by atoms with E-state index >= 15 is 0 Å². The number of hydrogen-bond donors (Lipinski definition) is 0. The molecule has 0 fully saturated rings. The van der Waals surface area contributed by atoms with Crippen LogP contribution >= 0.6 is 0 Å². The minimum atomic E-state index is 0.0376. The minimum Gasteiger partial charge on any atom is -0.345 e. The van der Waals surface area contributed by atoms with Crippen LogP contribution in [0.2, 0.25) is 0 Å². The van der Waals surface area contributed by atoms with E-state index in [0.717, 1.165) is 6.42 Å². The van der Waals surface area contributed by atoms with Gasteiger partial charge in [0.1, 0.15) is 0 Å². The Bertz CT molecular complexity index is 254. The second-order valence-corrected chi connectivity index (χ2v) is 4.93. The van der Waals surface area contributed by atoms with Crippen LogP contribution in [0.25, 0.3) is 0 Å². The monoisotopic (exact) mass is 251 g/mol. The zero-order valence-corrected chi connectivity index (χ0v) is 12.3. The van der Waals surface area contributed by atoms with Crippen LogP contribution in [0.5, 0.6) is 0 Å². The Balaban J connectivity index is 3.36. The van der Waals surface area contributed by atoms with Crippen molar-refractivity contribution in [3.05, 3.63) is 24.3 Å². The van der Waals surface area contributed by atoms with Crippen LogP contribution in [0.1, 0.15) is 58.3 Å². The smallest absolute Gasteiger partial charge is 0.246 e. The van der Waals surface area contributed by atoms with E-state index in [1.807, 2.05) is 12.2 Å². The van der Waals surface area contributed by atoms with E-state index in [1.54, 1.807) is 25.1 Å². The van der Waals surface area contributed by atoms with E-state index in [9.17, 15) is 4.79 Å². The molecule has 0 radical (unpaired) electrons. The van der Waals surface area contributed by atoms with Crippen LogP contribution in [-0.4, -0.2) is 24.9 Å². The Kier molecular flexibility index (Phi) is 11.7. The van der Waals surface area contributed by atoms with E-state index in [-0.39, 0.29) is 5.91 Å². The van der Waals surface area contributed by atoms with Gasteiger partial charge in [0.15, 0.2) is 0 Å². The van der Waals surface area contributed by atoms with Gasteiger partial charge in [0.05, 0.1) is 0 Å². The summed E-state index contributed by atoms with van der Waals surface area (Å²) in [6, 6.07) is 0. The normalized spacial score (nSPS) is 11.5. The van der Waals surface area contributed by atoms with Gasteiger partial charge in [-0.2, -0.15) is 0 Å². The second kappa shape index (κ2) is 12.4. The number of amides is 1. The van der Waals surface area contributed by atoms with Gasteiger partial charge in [-0.1, -0.05) is 63.7 Å². The second-order valence-electron chi connectivity index (χ2n) is 4.93. The van der Waals surface area contributed by atoms with E-state index in [2.05, 4.69) is 13.0 Å². The Morgan fingerprint density at radius 2 is 1.56 bits per heavy atom. The lowest BCUT2D eigenvalue weighted by Crippen LogP contribution is -2.18. The van der Waals surface area contributed by atoms with Crippen LogP contribution in [0.3, 0.4) is 0 Å².